The van der Waals surface area contributed by atoms with Crippen molar-refractivity contribution >= 4 is 21.8 Å². The smallest absolute Gasteiger partial charge is 0.0309 e. The van der Waals surface area contributed by atoms with E-state index in [-0.39, 0.29) is 0 Å². The zero-order valence-corrected chi connectivity index (χ0v) is 9.37. The van der Waals surface area contributed by atoms with Crippen LogP contribution >= 0.6 is 21.8 Å². The Morgan fingerprint density at radius 1 is 1.27 bits per heavy atom. The number of nitrogens with zero attached hydrogens (tertiary/aromatic N) is 1. The lowest BCUT2D eigenvalue weighted by Crippen LogP contribution is -2.24. The maximum Gasteiger partial charge on any atom is 0.0309 e. The van der Waals surface area contributed by atoms with Crippen molar-refractivity contribution in [3.63, 3.8) is 0 Å². The van der Waals surface area contributed by atoms with Gasteiger partial charge < -0.3 is 0 Å². The third kappa shape index (κ3) is 5.83. The quantitative estimate of drug-likeness (QED) is 0.618. The summed E-state index contributed by atoms with van der Waals surface area (Å²) in [6, 6.07) is 0.538. The van der Waals surface area contributed by atoms with E-state index < -0.39 is 0 Å². The molecule has 0 aliphatic carbocycles. The average molecular weight is 196 g/mol. The Hall–Kier alpha value is 0.600. The predicted octanol–water partition coefficient (Wildman–Crippen LogP) is 3.54. The molecule has 0 aromatic carbocycles. The van der Waals surface area contributed by atoms with Crippen LogP contribution in [-0.2, 0) is 0 Å². The molecule has 68 valence electrons. The third-order valence-electron chi connectivity index (χ3n) is 1.59. The molecule has 0 aromatic heterocycles. The van der Waals surface area contributed by atoms with E-state index in [4.69, 9.17) is 10.7 Å². The van der Waals surface area contributed by atoms with Crippen LogP contribution in [0.2, 0.25) is 0 Å². The topological polar surface area (TPSA) is 3.24 Å². The number of halogens is 1. The molecule has 0 bridgehead atoms. The van der Waals surface area contributed by atoms with Crippen LogP contribution in [0.3, 0.4) is 0 Å². The van der Waals surface area contributed by atoms with E-state index >= 15 is 0 Å². The Balaban J connectivity index is 3.52. The van der Waals surface area contributed by atoms with Gasteiger partial charge in [-0.25, -0.2) is 4.31 Å². The first-order valence-corrected chi connectivity index (χ1v) is 5.73. The molecular weight excluding hydrogens is 178 g/mol. The van der Waals surface area contributed by atoms with Gasteiger partial charge >= 0.3 is 0 Å². The van der Waals surface area contributed by atoms with E-state index in [0.29, 0.717) is 6.04 Å². The highest BCUT2D eigenvalue weighted by Crippen LogP contribution is 2.19. The van der Waals surface area contributed by atoms with Gasteiger partial charge in [-0.15, -0.1) is 0 Å². The molecule has 0 amide bonds. The highest BCUT2D eigenvalue weighted by Gasteiger charge is 2.08. The summed E-state index contributed by atoms with van der Waals surface area (Å²) in [5.41, 5.74) is 0. The van der Waals surface area contributed by atoms with Crippen LogP contribution in [0.25, 0.3) is 0 Å². The van der Waals surface area contributed by atoms with Crippen molar-refractivity contribution in [3.8, 4) is 0 Å². The molecule has 0 aromatic rings. The third-order valence-corrected chi connectivity index (χ3v) is 2.90. The van der Waals surface area contributed by atoms with Gasteiger partial charge in [0.1, 0.15) is 0 Å². The summed E-state index contributed by atoms with van der Waals surface area (Å²) in [5.74, 6) is 0.764. The fraction of sp³-hybridized carbons (Fsp3) is 1.00. The minimum atomic E-state index is 0.538. The highest BCUT2D eigenvalue weighted by molar-refractivity contribution is 8.19. The molecule has 0 atom stereocenters. The van der Waals surface area contributed by atoms with Gasteiger partial charge in [-0.3, -0.25) is 0 Å². The molecule has 0 radical (unpaired) electrons. The van der Waals surface area contributed by atoms with Crippen LogP contribution in [0, 0.1) is 5.92 Å². The largest absolute Gasteiger partial charge is 0.234 e. The summed E-state index contributed by atoms with van der Waals surface area (Å²) < 4.78 is 2.20. The first-order chi connectivity index (χ1) is 5.07. The van der Waals surface area contributed by atoms with E-state index in [9.17, 15) is 0 Å². The molecule has 0 aliphatic rings. The molecule has 0 aliphatic heterocycles. The van der Waals surface area contributed by atoms with E-state index in [1.54, 1.807) is 0 Å². The van der Waals surface area contributed by atoms with Crippen LogP contribution in [0.4, 0.5) is 0 Å². The summed E-state index contributed by atoms with van der Waals surface area (Å²) in [7, 11) is 5.69. The molecule has 0 saturated carbocycles. The van der Waals surface area contributed by atoms with Gasteiger partial charge in [0.25, 0.3) is 0 Å². The van der Waals surface area contributed by atoms with E-state index in [0.717, 1.165) is 12.5 Å². The molecular formula is C8H18ClNS. The summed E-state index contributed by atoms with van der Waals surface area (Å²) in [4.78, 5) is 0. The Labute approximate surface area is 79.1 Å². The molecule has 1 nitrogen and oxygen atoms in total. The van der Waals surface area contributed by atoms with Crippen molar-refractivity contribution in [2.24, 2.45) is 5.92 Å². The SMILES string of the molecule is CC(C)CCN(SCl)C(C)C. The van der Waals surface area contributed by atoms with E-state index in [1.165, 1.54) is 17.6 Å². The van der Waals surface area contributed by atoms with Gasteiger partial charge in [0.2, 0.25) is 0 Å². The van der Waals surface area contributed by atoms with Crippen LogP contribution in [0.15, 0.2) is 0 Å². The second-order valence-electron chi connectivity index (χ2n) is 3.49. The standard InChI is InChI=1S/C8H18ClNS/c1-7(2)5-6-10(11-9)8(3)4/h7-8H,5-6H2,1-4H3. The molecule has 0 heterocycles. The highest BCUT2D eigenvalue weighted by atomic mass is 35.7. The molecule has 0 unspecified atom stereocenters. The molecule has 0 rings (SSSR count). The van der Waals surface area contributed by atoms with Gasteiger partial charge in [-0.05, 0) is 36.9 Å². The number of rotatable bonds is 5. The molecule has 0 fully saturated rings. The predicted molar refractivity (Wildman–Crippen MR) is 54.7 cm³/mol. The van der Waals surface area contributed by atoms with Gasteiger partial charge in [0.05, 0.1) is 0 Å². The number of hydrogen-bond donors (Lipinski definition) is 0. The lowest BCUT2D eigenvalue weighted by molar-refractivity contribution is 0.368. The van der Waals surface area contributed by atoms with Crippen molar-refractivity contribution in [3.05, 3.63) is 0 Å². The minimum Gasteiger partial charge on any atom is -0.234 e. The molecule has 11 heavy (non-hydrogen) atoms. The summed E-state index contributed by atoms with van der Waals surface area (Å²) in [6.07, 6.45) is 1.22. The maximum absolute atomic E-state index is 5.69. The van der Waals surface area contributed by atoms with Crippen molar-refractivity contribution in [2.45, 2.75) is 40.2 Å². The fourth-order valence-corrected chi connectivity index (χ4v) is 1.78. The van der Waals surface area contributed by atoms with Crippen molar-refractivity contribution in [1.29, 1.82) is 0 Å². The summed E-state index contributed by atoms with van der Waals surface area (Å²) >= 11 is 1.33. The normalized spacial score (nSPS) is 12.0. The summed E-state index contributed by atoms with van der Waals surface area (Å²) in [5, 5.41) is 0. The van der Waals surface area contributed by atoms with E-state index in [2.05, 4.69) is 32.0 Å². The van der Waals surface area contributed by atoms with Gasteiger partial charge in [-0.2, -0.15) is 0 Å². The van der Waals surface area contributed by atoms with Crippen LogP contribution in [-0.4, -0.2) is 16.9 Å². The minimum absolute atomic E-state index is 0.538. The molecule has 0 N–H and O–H groups in total. The first-order valence-electron chi connectivity index (χ1n) is 4.13. The zero-order valence-electron chi connectivity index (χ0n) is 7.80. The molecule has 3 heteroatoms. The maximum atomic E-state index is 5.69. The van der Waals surface area contributed by atoms with Crippen LogP contribution in [0.1, 0.15) is 34.1 Å². The average Bonchev–Trinajstić information content (AvgIpc) is 1.87. The monoisotopic (exact) mass is 195 g/mol. The van der Waals surface area contributed by atoms with Crippen molar-refractivity contribution < 1.29 is 0 Å². The lowest BCUT2D eigenvalue weighted by atomic mass is 10.1. The van der Waals surface area contributed by atoms with E-state index in [1.807, 2.05) is 0 Å². The fourth-order valence-electron chi connectivity index (χ4n) is 0.758. The second kappa shape index (κ2) is 6.15. The first kappa shape index (κ1) is 11.6. The van der Waals surface area contributed by atoms with Crippen molar-refractivity contribution in [2.75, 3.05) is 6.54 Å². The molecule has 0 saturated heterocycles. The van der Waals surface area contributed by atoms with Gasteiger partial charge in [0.15, 0.2) is 0 Å². The zero-order chi connectivity index (χ0) is 8.85. The van der Waals surface area contributed by atoms with Gasteiger partial charge in [0, 0.05) is 23.7 Å². The second-order valence-corrected chi connectivity index (χ2v) is 4.51. The summed E-state index contributed by atoms with van der Waals surface area (Å²) in [6.45, 7) is 9.88. The Kier molecular flexibility index (Phi) is 6.49. The number of hydrogen-bond acceptors (Lipinski definition) is 2. The Morgan fingerprint density at radius 3 is 2.09 bits per heavy atom. The van der Waals surface area contributed by atoms with Crippen LogP contribution in [0.5, 0.6) is 0 Å². The van der Waals surface area contributed by atoms with Gasteiger partial charge in [-0.1, -0.05) is 13.8 Å². The Bertz CT molecular complexity index is 96.1. The lowest BCUT2D eigenvalue weighted by Gasteiger charge is -2.22. The van der Waals surface area contributed by atoms with Crippen molar-refractivity contribution in [1.82, 2.24) is 4.31 Å². The van der Waals surface area contributed by atoms with Crippen LogP contribution < -0.4 is 0 Å². The molecule has 0 spiro atoms. The Morgan fingerprint density at radius 2 is 1.82 bits per heavy atom.